The number of amides is 1. The molecule has 0 bridgehead atoms. The largest absolute Gasteiger partial charge is 0.379 e. The van der Waals surface area contributed by atoms with Gasteiger partial charge in [0.1, 0.15) is 10.6 Å². The molecule has 1 saturated heterocycles. The van der Waals surface area contributed by atoms with E-state index in [2.05, 4.69) is 4.98 Å². The van der Waals surface area contributed by atoms with Crippen LogP contribution in [-0.2, 0) is 21.3 Å². The van der Waals surface area contributed by atoms with Gasteiger partial charge < -0.3 is 14.6 Å². The summed E-state index contributed by atoms with van der Waals surface area (Å²) in [5.74, 6) is -0.298. The Morgan fingerprint density at radius 2 is 2.04 bits per heavy atom. The smallest absolute Gasteiger partial charge is 0.270 e. The van der Waals surface area contributed by atoms with Gasteiger partial charge in [-0.05, 0) is 23.8 Å². The van der Waals surface area contributed by atoms with E-state index < -0.39 is 10.0 Å². The zero-order valence-electron chi connectivity index (χ0n) is 14.3. The van der Waals surface area contributed by atoms with Crippen LogP contribution < -0.4 is 0 Å². The summed E-state index contributed by atoms with van der Waals surface area (Å²) in [6.07, 6.45) is 1.35. The molecule has 2 heterocycles. The third-order valence-electron chi connectivity index (χ3n) is 4.15. The minimum absolute atomic E-state index is 0.0823. The Hall–Kier alpha value is -1.87. The number of morpholine rings is 1. The molecule has 0 unspecified atom stereocenters. The van der Waals surface area contributed by atoms with Gasteiger partial charge in [-0.15, -0.1) is 0 Å². The van der Waals surface area contributed by atoms with E-state index in [1.54, 1.807) is 19.2 Å². The van der Waals surface area contributed by atoms with Gasteiger partial charge in [-0.3, -0.25) is 4.79 Å². The Kier molecular flexibility index (Phi) is 5.67. The lowest BCUT2D eigenvalue weighted by molar-refractivity contribution is 0.0730. The summed E-state index contributed by atoms with van der Waals surface area (Å²) in [6, 6.07) is 8.62. The summed E-state index contributed by atoms with van der Waals surface area (Å²) in [4.78, 5) is 16.9. The minimum atomic E-state index is -3.63. The monoisotopic (exact) mass is 397 g/mol. The van der Waals surface area contributed by atoms with Crippen molar-refractivity contribution in [2.75, 3.05) is 33.4 Å². The number of halogens is 1. The van der Waals surface area contributed by atoms with Gasteiger partial charge in [0.05, 0.1) is 13.2 Å². The minimum Gasteiger partial charge on any atom is -0.379 e. The molecule has 0 atom stereocenters. The molecular formula is C17H20ClN3O4S. The molecule has 0 spiro atoms. The van der Waals surface area contributed by atoms with Crippen molar-refractivity contribution in [2.45, 2.75) is 11.4 Å². The molecule has 7 nitrogen and oxygen atoms in total. The summed E-state index contributed by atoms with van der Waals surface area (Å²) in [5.41, 5.74) is 1.11. The van der Waals surface area contributed by atoms with Gasteiger partial charge in [0.15, 0.2) is 0 Å². The lowest BCUT2D eigenvalue weighted by Gasteiger charge is -2.25. The number of H-pyrrole nitrogens is 1. The standard InChI is InChI=1S/C17H20ClN3O4S/c1-20(12-13-3-2-4-14(18)9-13)17(22)16-10-15(11-19-16)26(23,24)21-5-7-25-8-6-21/h2-4,9-11,19H,5-8,12H2,1H3. The maximum Gasteiger partial charge on any atom is 0.270 e. The zero-order chi connectivity index (χ0) is 18.7. The van der Waals surface area contributed by atoms with Crippen LogP contribution in [0, 0.1) is 0 Å². The molecule has 1 aromatic carbocycles. The van der Waals surface area contributed by atoms with E-state index in [-0.39, 0.29) is 16.5 Å². The van der Waals surface area contributed by atoms with Gasteiger partial charge in [0, 0.05) is 37.9 Å². The SMILES string of the molecule is CN(Cc1cccc(Cl)c1)C(=O)c1cc(S(=O)(=O)N2CCOCC2)c[nH]1. The molecule has 1 amide bonds. The summed E-state index contributed by atoms with van der Waals surface area (Å²) < 4.78 is 31.8. The molecular weight excluding hydrogens is 378 g/mol. The van der Waals surface area contributed by atoms with Crippen molar-refractivity contribution in [3.63, 3.8) is 0 Å². The molecule has 26 heavy (non-hydrogen) atoms. The molecule has 3 rings (SSSR count). The van der Waals surface area contributed by atoms with E-state index in [0.717, 1.165) is 5.56 Å². The molecule has 0 aliphatic carbocycles. The van der Waals surface area contributed by atoms with Crippen LogP contribution in [0.1, 0.15) is 16.1 Å². The van der Waals surface area contributed by atoms with Crippen molar-refractivity contribution in [2.24, 2.45) is 0 Å². The molecule has 1 N–H and O–H groups in total. The molecule has 9 heteroatoms. The highest BCUT2D eigenvalue weighted by atomic mass is 35.5. The third-order valence-corrected chi connectivity index (χ3v) is 6.26. The molecule has 1 aliphatic heterocycles. The number of ether oxygens (including phenoxy) is 1. The lowest BCUT2D eigenvalue weighted by atomic mass is 10.2. The normalized spacial score (nSPS) is 15.8. The molecule has 0 saturated carbocycles. The highest BCUT2D eigenvalue weighted by molar-refractivity contribution is 7.89. The first-order valence-corrected chi connectivity index (χ1v) is 9.96. The first-order valence-electron chi connectivity index (χ1n) is 8.14. The Balaban J connectivity index is 1.73. The fraction of sp³-hybridized carbons (Fsp3) is 0.353. The first kappa shape index (κ1) is 18.9. The number of nitrogens with one attached hydrogen (secondary N) is 1. The number of aromatic nitrogens is 1. The van der Waals surface area contributed by atoms with E-state index >= 15 is 0 Å². The second-order valence-electron chi connectivity index (χ2n) is 6.06. The number of benzene rings is 1. The number of aromatic amines is 1. The fourth-order valence-electron chi connectivity index (χ4n) is 2.77. The third kappa shape index (κ3) is 4.09. The average molecular weight is 398 g/mol. The van der Waals surface area contributed by atoms with Gasteiger partial charge in [0.25, 0.3) is 5.91 Å². The predicted molar refractivity (Wildman–Crippen MR) is 97.6 cm³/mol. The molecule has 0 radical (unpaired) electrons. The zero-order valence-corrected chi connectivity index (χ0v) is 15.9. The van der Waals surface area contributed by atoms with Crippen molar-refractivity contribution in [3.8, 4) is 0 Å². The number of hydrogen-bond donors (Lipinski definition) is 1. The Labute approximate surface area is 157 Å². The van der Waals surface area contributed by atoms with Crippen LogP contribution in [0.25, 0.3) is 0 Å². The first-order chi connectivity index (χ1) is 12.4. The number of carbonyl (C=O) groups excluding carboxylic acids is 1. The number of nitrogens with zero attached hydrogens (tertiary/aromatic N) is 2. The van der Waals surface area contributed by atoms with Crippen LogP contribution in [-0.4, -0.2) is 61.9 Å². The van der Waals surface area contributed by atoms with Gasteiger partial charge in [0.2, 0.25) is 10.0 Å². The molecule has 140 valence electrons. The quantitative estimate of drug-likeness (QED) is 0.836. The van der Waals surface area contributed by atoms with E-state index in [9.17, 15) is 13.2 Å². The average Bonchev–Trinajstić information content (AvgIpc) is 3.12. The van der Waals surface area contributed by atoms with Crippen LogP contribution >= 0.6 is 11.6 Å². The fourth-order valence-corrected chi connectivity index (χ4v) is 4.38. The molecule has 1 fully saturated rings. The summed E-state index contributed by atoms with van der Waals surface area (Å²) in [5, 5.41) is 0.599. The second kappa shape index (κ2) is 7.79. The van der Waals surface area contributed by atoms with Crippen molar-refractivity contribution >= 4 is 27.5 Å². The number of sulfonamides is 1. The van der Waals surface area contributed by atoms with Crippen LogP contribution in [0.4, 0.5) is 0 Å². The van der Waals surface area contributed by atoms with Crippen LogP contribution in [0.2, 0.25) is 5.02 Å². The lowest BCUT2D eigenvalue weighted by Crippen LogP contribution is -2.40. The Morgan fingerprint density at radius 1 is 1.31 bits per heavy atom. The van der Waals surface area contributed by atoms with Crippen molar-refractivity contribution in [1.29, 1.82) is 0 Å². The number of rotatable bonds is 5. The predicted octanol–water partition coefficient (Wildman–Crippen LogP) is 1.96. The maximum absolute atomic E-state index is 12.6. The highest BCUT2D eigenvalue weighted by Gasteiger charge is 2.28. The molecule has 1 aliphatic rings. The summed E-state index contributed by atoms with van der Waals surface area (Å²) in [7, 11) is -1.98. The number of carbonyl (C=O) groups is 1. The van der Waals surface area contributed by atoms with Crippen LogP contribution in [0.15, 0.2) is 41.4 Å². The summed E-state index contributed by atoms with van der Waals surface area (Å²) >= 11 is 5.96. The van der Waals surface area contributed by atoms with Crippen LogP contribution in [0.3, 0.4) is 0 Å². The van der Waals surface area contributed by atoms with E-state index in [0.29, 0.717) is 37.9 Å². The Bertz CT molecular complexity index is 891. The van der Waals surface area contributed by atoms with Gasteiger partial charge in [-0.1, -0.05) is 23.7 Å². The van der Waals surface area contributed by atoms with Crippen molar-refractivity contribution in [3.05, 3.63) is 52.8 Å². The summed E-state index contributed by atoms with van der Waals surface area (Å²) in [6.45, 7) is 1.73. The number of hydrogen-bond acceptors (Lipinski definition) is 4. The second-order valence-corrected chi connectivity index (χ2v) is 8.43. The van der Waals surface area contributed by atoms with Crippen LogP contribution in [0.5, 0.6) is 0 Å². The molecule has 2 aromatic rings. The molecule has 1 aromatic heterocycles. The van der Waals surface area contributed by atoms with Gasteiger partial charge in [-0.25, -0.2) is 8.42 Å². The van der Waals surface area contributed by atoms with Gasteiger partial charge >= 0.3 is 0 Å². The Morgan fingerprint density at radius 3 is 2.73 bits per heavy atom. The van der Waals surface area contributed by atoms with E-state index in [4.69, 9.17) is 16.3 Å². The van der Waals surface area contributed by atoms with E-state index in [1.807, 2.05) is 12.1 Å². The van der Waals surface area contributed by atoms with Crippen molar-refractivity contribution in [1.82, 2.24) is 14.2 Å². The topological polar surface area (TPSA) is 82.7 Å². The van der Waals surface area contributed by atoms with Crippen molar-refractivity contribution < 1.29 is 17.9 Å². The maximum atomic E-state index is 12.6. The van der Waals surface area contributed by atoms with E-state index in [1.165, 1.54) is 21.5 Å². The highest BCUT2D eigenvalue weighted by Crippen LogP contribution is 2.19. The van der Waals surface area contributed by atoms with Gasteiger partial charge in [-0.2, -0.15) is 4.31 Å².